The number of amides is 2. The van der Waals surface area contributed by atoms with E-state index >= 15 is 0 Å². The highest BCUT2D eigenvalue weighted by Gasteiger charge is 2.37. The molecule has 3 aromatic rings. The third-order valence-corrected chi connectivity index (χ3v) is 7.59. The Hall–Kier alpha value is -3.75. The van der Waals surface area contributed by atoms with E-state index in [4.69, 9.17) is 9.97 Å². The summed E-state index contributed by atoms with van der Waals surface area (Å²) in [6.07, 6.45) is 1.81. The maximum absolute atomic E-state index is 13.4. The van der Waals surface area contributed by atoms with E-state index in [2.05, 4.69) is 52.9 Å². The molecule has 1 fully saturated rings. The molecule has 1 unspecified atom stereocenters. The molecule has 0 N–H and O–H groups in total. The van der Waals surface area contributed by atoms with Gasteiger partial charge in [-0.2, -0.15) is 4.98 Å². The molecule has 2 aliphatic rings. The highest BCUT2D eigenvalue weighted by molar-refractivity contribution is 5.98. The first-order chi connectivity index (χ1) is 17.8. The van der Waals surface area contributed by atoms with Crippen LogP contribution in [0.5, 0.6) is 0 Å². The molecule has 2 aromatic heterocycles. The van der Waals surface area contributed by atoms with E-state index in [9.17, 15) is 9.59 Å². The quantitative estimate of drug-likeness (QED) is 0.510. The number of hydrogen-bond donors (Lipinski definition) is 0. The smallest absolute Gasteiger partial charge is 0.273 e. The SMILES string of the molecule is CCN(c1nc(N2CCN(C(C)=O)CC2)nc2c1CN(C(C)C)C2=O)C(C)c1ccc2ncccc2c1. The Balaban J connectivity index is 1.55. The van der Waals surface area contributed by atoms with E-state index in [1.165, 1.54) is 0 Å². The van der Waals surface area contributed by atoms with E-state index < -0.39 is 0 Å². The van der Waals surface area contributed by atoms with Gasteiger partial charge in [-0.3, -0.25) is 14.6 Å². The van der Waals surface area contributed by atoms with Crippen LogP contribution in [0, 0.1) is 0 Å². The highest BCUT2D eigenvalue weighted by Crippen LogP contribution is 2.36. The van der Waals surface area contributed by atoms with Crippen molar-refractivity contribution in [1.29, 1.82) is 0 Å². The summed E-state index contributed by atoms with van der Waals surface area (Å²) in [6, 6.07) is 10.5. The van der Waals surface area contributed by atoms with Gasteiger partial charge in [-0.05, 0) is 51.5 Å². The third-order valence-electron chi connectivity index (χ3n) is 7.59. The Morgan fingerprint density at radius 1 is 1.08 bits per heavy atom. The monoisotopic (exact) mass is 501 g/mol. The number of piperazine rings is 1. The average molecular weight is 502 g/mol. The molecule has 0 radical (unpaired) electrons. The number of nitrogens with zero attached hydrogens (tertiary/aromatic N) is 7. The van der Waals surface area contributed by atoms with Crippen LogP contribution in [0.4, 0.5) is 11.8 Å². The highest BCUT2D eigenvalue weighted by atomic mass is 16.2. The fraction of sp³-hybridized carbons (Fsp3) is 0.464. The molecular formula is C28H35N7O2. The number of anilines is 2. The van der Waals surface area contributed by atoms with Crippen molar-refractivity contribution in [3.63, 3.8) is 0 Å². The second-order valence-electron chi connectivity index (χ2n) is 10.1. The molecule has 1 aromatic carbocycles. The third kappa shape index (κ3) is 4.58. The van der Waals surface area contributed by atoms with E-state index in [-0.39, 0.29) is 23.9 Å². The van der Waals surface area contributed by atoms with E-state index in [0.29, 0.717) is 44.4 Å². The zero-order valence-electron chi connectivity index (χ0n) is 22.3. The minimum Gasteiger partial charge on any atom is -0.350 e. The molecule has 0 saturated carbocycles. The topological polar surface area (TPSA) is 85.8 Å². The van der Waals surface area contributed by atoms with Crippen LogP contribution in [0.3, 0.4) is 0 Å². The molecule has 4 heterocycles. The van der Waals surface area contributed by atoms with Gasteiger partial charge in [0, 0.05) is 62.8 Å². The first-order valence-corrected chi connectivity index (χ1v) is 13.1. The molecule has 5 rings (SSSR count). The molecule has 1 atom stereocenters. The van der Waals surface area contributed by atoms with Gasteiger partial charge in [-0.1, -0.05) is 12.1 Å². The van der Waals surface area contributed by atoms with Crippen LogP contribution in [0.25, 0.3) is 10.9 Å². The first-order valence-electron chi connectivity index (χ1n) is 13.1. The molecule has 37 heavy (non-hydrogen) atoms. The summed E-state index contributed by atoms with van der Waals surface area (Å²) in [5.41, 5.74) is 3.52. The van der Waals surface area contributed by atoms with Crippen LogP contribution in [-0.2, 0) is 11.3 Å². The van der Waals surface area contributed by atoms with Gasteiger partial charge in [0.25, 0.3) is 5.91 Å². The van der Waals surface area contributed by atoms with E-state index in [0.717, 1.165) is 34.4 Å². The molecule has 194 valence electrons. The molecule has 1 saturated heterocycles. The molecule has 0 aliphatic carbocycles. The van der Waals surface area contributed by atoms with E-state index in [1.807, 2.05) is 35.9 Å². The van der Waals surface area contributed by atoms with Crippen LogP contribution in [0.15, 0.2) is 36.5 Å². The maximum Gasteiger partial charge on any atom is 0.273 e. The number of fused-ring (bicyclic) bond motifs is 2. The maximum atomic E-state index is 13.4. The van der Waals surface area contributed by atoms with Crippen LogP contribution in [0.2, 0.25) is 0 Å². The van der Waals surface area contributed by atoms with Crippen LogP contribution >= 0.6 is 0 Å². The molecule has 2 amide bonds. The largest absolute Gasteiger partial charge is 0.350 e. The number of rotatable bonds is 6. The van der Waals surface area contributed by atoms with Crippen LogP contribution in [0.1, 0.15) is 62.3 Å². The van der Waals surface area contributed by atoms with Crippen molar-refractivity contribution in [3.05, 3.63) is 53.3 Å². The number of carbonyl (C=O) groups is 2. The zero-order valence-corrected chi connectivity index (χ0v) is 22.3. The molecule has 0 spiro atoms. The van der Waals surface area contributed by atoms with Gasteiger partial charge in [0.15, 0.2) is 0 Å². The predicted molar refractivity (Wildman–Crippen MR) is 145 cm³/mol. The van der Waals surface area contributed by atoms with Crippen molar-refractivity contribution in [3.8, 4) is 0 Å². The number of hydrogen-bond acceptors (Lipinski definition) is 7. The lowest BCUT2D eigenvalue weighted by molar-refractivity contribution is -0.129. The summed E-state index contributed by atoms with van der Waals surface area (Å²) in [6.45, 7) is 13.7. The molecule has 9 nitrogen and oxygen atoms in total. The van der Waals surface area contributed by atoms with E-state index in [1.54, 1.807) is 6.92 Å². The lowest BCUT2D eigenvalue weighted by atomic mass is 10.0. The number of pyridine rings is 1. The number of carbonyl (C=O) groups excluding carboxylic acids is 2. The Bertz CT molecular complexity index is 1330. The Kier molecular flexibility index (Phi) is 6.70. The zero-order chi connectivity index (χ0) is 26.3. The summed E-state index contributed by atoms with van der Waals surface area (Å²) in [4.78, 5) is 47.6. The van der Waals surface area contributed by atoms with Crippen molar-refractivity contribution >= 4 is 34.5 Å². The summed E-state index contributed by atoms with van der Waals surface area (Å²) in [5.74, 6) is 1.41. The summed E-state index contributed by atoms with van der Waals surface area (Å²) >= 11 is 0. The first kappa shape index (κ1) is 24.9. The molecule has 0 bridgehead atoms. The fourth-order valence-corrected chi connectivity index (χ4v) is 5.32. The van der Waals surface area contributed by atoms with Crippen molar-refractivity contribution < 1.29 is 9.59 Å². The van der Waals surface area contributed by atoms with Crippen LogP contribution < -0.4 is 9.80 Å². The standard InChI is InChI=1S/C28H35N7O2/c1-6-34(19(4)21-9-10-24-22(16-21)8-7-11-29-24)26-23-17-35(18(2)3)27(37)25(23)30-28(31-26)33-14-12-32(13-15-33)20(5)36/h7-11,16,18-19H,6,12-15,17H2,1-5H3. The summed E-state index contributed by atoms with van der Waals surface area (Å²) in [7, 11) is 0. The Morgan fingerprint density at radius 3 is 2.51 bits per heavy atom. The van der Waals surface area contributed by atoms with Gasteiger partial charge in [0.05, 0.1) is 18.1 Å². The molecule has 2 aliphatic heterocycles. The normalized spacial score (nSPS) is 16.5. The van der Waals surface area contributed by atoms with Crippen molar-refractivity contribution in [1.82, 2.24) is 24.8 Å². The minimum atomic E-state index is -0.0437. The second kappa shape index (κ2) is 9.95. The Morgan fingerprint density at radius 2 is 1.84 bits per heavy atom. The van der Waals surface area contributed by atoms with Gasteiger partial charge in [0.2, 0.25) is 11.9 Å². The van der Waals surface area contributed by atoms with Crippen molar-refractivity contribution in [2.24, 2.45) is 0 Å². The summed E-state index contributed by atoms with van der Waals surface area (Å²) < 4.78 is 0. The van der Waals surface area contributed by atoms with Crippen molar-refractivity contribution in [2.75, 3.05) is 42.5 Å². The van der Waals surface area contributed by atoms with Crippen LogP contribution in [-0.4, -0.2) is 75.3 Å². The minimum absolute atomic E-state index is 0.0271. The molecule has 9 heteroatoms. The lowest BCUT2D eigenvalue weighted by Crippen LogP contribution is -2.48. The fourth-order valence-electron chi connectivity index (χ4n) is 5.32. The number of aromatic nitrogens is 3. The van der Waals surface area contributed by atoms with Crippen molar-refractivity contribution in [2.45, 2.75) is 53.2 Å². The second-order valence-corrected chi connectivity index (χ2v) is 10.1. The lowest BCUT2D eigenvalue weighted by Gasteiger charge is -2.35. The number of benzene rings is 1. The molecular weight excluding hydrogens is 466 g/mol. The van der Waals surface area contributed by atoms with Gasteiger partial charge >= 0.3 is 0 Å². The predicted octanol–water partition coefficient (Wildman–Crippen LogP) is 3.65. The Labute approximate surface area is 218 Å². The van der Waals surface area contributed by atoms with Gasteiger partial charge in [-0.15, -0.1) is 0 Å². The van der Waals surface area contributed by atoms with Gasteiger partial charge in [0.1, 0.15) is 11.5 Å². The van der Waals surface area contributed by atoms with Gasteiger partial charge in [-0.25, -0.2) is 4.98 Å². The van der Waals surface area contributed by atoms with Gasteiger partial charge < -0.3 is 19.6 Å². The average Bonchev–Trinajstić information content (AvgIpc) is 3.25. The summed E-state index contributed by atoms with van der Waals surface area (Å²) in [5, 5.41) is 1.10.